The fourth-order valence-corrected chi connectivity index (χ4v) is 2.97. The van der Waals surface area contributed by atoms with Gasteiger partial charge >= 0.3 is 5.96 Å². The van der Waals surface area contributed by atoms with E-state index in [4.69, 9.17) is 0 Å². The molecule has 2 fully saturated rings. The Morgan fingerprint density at radius 2 is 1.91 bits per heavy atom. The summed E-state index contributed by atoms with van der Waals surface area (Å²) in [6.07, 6.45) is 3.62. The summed E-state index contributed by atoms with van der Waals surface area (Å²) < 4.78 is 2.12. The van der Waals surface area contributed by atoms with E-state index in [2.05, 4.69) is 20.5 Å². The lowest BCUT2D eigenvalue weighted by Gasteiger charge is -2.24. The summed E-state index contributed by atoms with van der Waals surface area (Å²) in [5.74, 6) is 0.434. The number of piperidine rings is 1. The number of hydrogen-bond acceptors (Lipinski definition) is 2. The first-order valence-corrected chi connectivity index (χ1v) is 8.22. The van der Waals surface area contributed by atoms with E-state index >= 15 is 0 Å². The van der Waals surface area contributed by atoms with Crippen molar-refractivity contribution in [2.75, 3.05) is 13.1 Å². The molecule has 6 nitrogen and oxygen atoms in total. The van der Waals surface area contributed by atoms with Crippen molar-refractivity contribution in [2.45, 2.75) is 38.3 Å². The van der Waals surface area contributed by atoms with Crippen LogP contribution in [0, 0.1) is 0 Å². The van der Waals surface area contributed by atoms with Gasteiger partial charge in [0.25, 0.3) is 11.8 Å². The highest BCUT2D eigenvalue weighted by atomic mass is 16.2. The Labute approximate surface area is 136 Å². The molecule has 1 aromatic carbocycles. The monoisotopic (exact) mass is 315 g/mol. The van der Waals surface area contributed by atoms with Crippen LogP contribution in [0.1, 0.15) is 31.2 Å². The lowest BCUT2D eigenvalue weighted by molar-refractivity contribution is -0.541. The maximum absolute atomic E-state index is 12.4. The molecule has 3 N–H and O–H groups in total. The van der Waals surface area contributed by atoms with Crippen LogP contribution in [0.4, 0.5) is 0 Å². The second-order valence-electron chi connectivity index (χ2n) is 6.05. The molecule has 0 aromatic heterocycles. The predicted molar refractivity (Wildman–Crippen MR) is 86.8 cm³/mol. The van der Waals surface area contributed by atoms with Crippen molar-refractivity contribution in [3.05, 3.63) is 35.9 Å². The Kier molecular flexibility index (Phi) is 4.90. The van der Waals surface area contributed by atoms with Crippen LogP contribution in [-0.2, 0) is 16.1 Å². The van der Waals surface area contributed by atoms with Crippen molar-refractivity contribution in [1.82, 2.24) is 16.0 Å². The van der Waals surface area contributed by atoms with E-state index in [1.54, 1.807) is 0 Å². The first-order chi connectivity index (χ1) is 11.2. The van der Waals surface area contributed by atoms with Gasteiger partial charge in [0, 0.05) is 6.54 Å². The Bertz CT molecular complexity index is 604. The molecular formula is C17H23N4O2+. The van der Waals surface area contributed by atoms with Gasteiger partial charge in [-0.3, -0.25) is 19.5 Å². The maximum Gasteiger partial charge on any atom is 0.353 e. The van der Waals surface area contributed by atoms with E-state index in [0.717, 1.165) is 31.5 Å². The molecule has 2 saturated heterocycles. The number of carbonyl (C=O) groups excluding carboxylic acids is 2. The van der Waals surface area contributed by atoms with E-state index < -0.39 is 6.04 Å². The predicted octanol–water partition coefficient (Wildman–Crippen LogP) is 0.333. The van der Waals surface area contributed by atoms with E-state index in [1.807, 2.05) is 30.3 Å². The minimum Gasteiger partial charge on any atom is -0.349 e. The van der Waals surface area contributed by atoms with E-state index in [9.17, 15) is 9.59 Å². The van der Waals surface area contributed by atoms with E-state index in [0.29, 0.717) is 12.5 Å². The molecule has 0 bridgehead atoms. The summed E-state index contributed by atoms with van der Waals surface area (Å²) in [5, 5.41) is 8.94. The molecule has 2 heterocycles. The quantitative estimate of drug-likeness (QED) is 0.704. The molecule has 0 saturated carbocycles. The fraction of sp³-hybridized carbons (Fsp3) is 0.471. The lowest BCUT2D eigenvalue weighted by Crippen LogP contribution is -2.61. The fourth-order valence-electron chi connectivity index (χ4n) is 2.97. The molecule has 2 amide bonds. The molecule has 1 atom stereocenters. The zero-order valence-corrected chi connectivity index (χ0v) is 13.2. The van der Waals surface area contributed by atoms with Gasteiger partial charge in [-0.2, -0.15) is 0 Å². The van der Waals surface area contributed by atoms with Gasteiger partial charge in [-0.05, 0) is 24.8 Å². The van der Waals surface area contributed by atoms with Gasteiger partial charge in [0.05, 0.1) is 19.5 Å². The zero-order chi connectivity index (χ0) is 16.1. The number of nitrogens with zero attached hydrogens (tertiary/aromatic N) is 1. The minimum absolute atomic E-state index is 0.107. The SMILES string of the molecule is O=C1C[C@@H](C(=O)NCc2ccccc2)NC(=[N+]2CCCCC2)N1. The topological polar surface area (TPSA) is 73.2 Å². The average Bonchev–Trinajstić information content (AvgIpc) is 2.61. The van der Waals surface area contributed by atoms with Crippen molar-refractivity contribution < 1.29 is 14.2 Å². The lowest BCUT2D eigenvalue weighted by atomic mass is 10.1. The molecule has 122 valence electrons. The smallest absolute Gasteiger partial charge is 0.349 e. The molecule has 1 aromatic rings. The highest BCUT2D eigenvalue weighted by Gasteiger charge is 2.35. The Morgan fingerprint density at radius 3 is 2.65 bits per heavy atom. The second kappa shape index (κ2) is 7.26. The highest BCUT2D eigenvalue weighted by Crippen LogP contribution is 2.06. The molecule has 0 radical (unpaired) electrons. The summed E-state index contributed by atoms with van der Waals surface area (Å²) in [6, 6.07) is 9.24. The third-order valence-electron chi connectivity index (χ3n) is 4.26. The molecule has 0 spiro atoms. The number of nitrogens with one attached hydrogen (secondary N) is 3. The van der Waals surface area contributed by atoms with Crippen LogP contribution >= 0.6 is 0 Å². The van der Waals surface area contributed by atoms with Crippen molar-refractivity contribution >= 4 is 17.8 Å². The third kappa shape index (κ3) is 4.09. The van der Waals surface area contributed by atoms with Crippen LogP contribution in [-0.4, -0.2) is 41.5 Å². The average molecular weight is 315 g/mol. The summed E-state index contributed by atoms with van der Waals surface area (Å²) >= 11 is 0. The molecule has 0 aliphatic carbocycles. The first kappa shape index (κ1) is 15.5. The zero-order valence-electron chi connectivity index (χ0n) is 13.2. The Balaban J connectivity index is 1.62. The number of guanidine groups is 1. The third-order valence-corrected chi connectivity index (χ3v) is 4.26. The Morgan fingerprint density at radius 1 is 1.17 bits per heavy atom. The normalized spacial score (nSPS) is 21.4. The highest BCUT2D eigenvalue weighted by molar-refractivity contribution is 6.02. The summed E-state index contributed by atoms with van der Waals surface area (Å²) in [4.78, 5) is 24.3. The van der Waals surface area contributed by atoms with Crippen LogP contribution in [0.5, 0.6) is 0 Å². The molecule has 2 aliphatic heterocycles. The van der Waals surface area contributed by atoms with Crippen LogP contribution < -0.4 is 16.0 Å². The van der Waals surface area contributed by atoms with Gasteiger partial charge in [0.1, 0.15) is 0 Å². The van der Waals surface area contributed by atoms with Crippen molar-refractivity contribution in [1.29, 1.82) is 0 Å². The molecular weight excluding hydrogens is 292 g/mol. The summed E-state index contributed by atoms with van der Waals surface area (Å²) in [6.45, 7) is 2.31. The second-order valence-corrected chi connectivity index (χ2v) is 6.05. The van der Waals surface area contributed by atoms with Gasteiger partial charge in [0.2, 0.25) is 0 Å². The van der Waals surface area contributed by atoms with Gasteiger partial charge < -0.3 is 5.32 Å². The van der Waals surface area contributed by atoms with E-state index in [1.165, 1.54) is 6.42 Å². The molecule has 3 rings (SSSR count). The van der Waals surface area contributed by atoms with Crippen molar-refractivity contribution in [3.63, 3.8) is 0 Å². The van der Waals surface area contributed by atoms with Crippen molar-refractivity contribution in [2.24, 2.45) is 0 Å². The largest absolute Gasteiger partial charge is 0.353 e. The van der Waals surface area contributed by atoms with Gasteiger partial charge in [-0.1, -0.05) is 30.3 Å². The van der Waals surface area contributed by atoms with E-state index in [-0.39, 0.29) is 18.2 Å². The van der Waals surface area contributed by atoms with Gasteiger partial charge in [-0.25, -0.2) is 5.32 Å². The number of benzene rings is 1. The van der Waals surface area contributed by atoms with Crippen LogP contribution in [0.3, 0.4) is 0 Å². The summed E-state index contributed by atoms with van der Waals surface area (Å²) in [7, 11) is 0. The number of amides is 2. The van der Waals surface area contributed by atoms with Gasteiger partial charge in [-0.15, -0.1) is 0 Å². The van der Waals surface area contributed by atoms with Gasteiger partial charge in [0.15, 0.2) is 6.04 Å². The number of hydrogen-bond donors (Lipinski definition) is 3. The minimum atomic E-state index is -0.510. The number of carbonyl (C=O) groups is 2. The summed E-state index contributed by atoms with van der Waals surface area (Å²) in [5.41, 5.74) is 1.04. The van der Waals surface area contributed by atoms with Crippen LogP contribution in [0.25, 0.3) is 0 Å². The Hall–Kier alpha value is -2.37. The maximum atomic E-state index is 12.4. The van der Waals surface area contributed by atoms with Crippen LogP contribution in [0.15, 0.2) is 30.3 Å². The van der Waals surface area contributed by atoms with Crippen LogP contribution in [0.2, 0.25) is 0 Å². The number of rotatable bonds is 3. The standard InChI is InChI=1S/C17H22N4O2/c22-15-11-14(16(23)18-12-13-7-3-1-4-8-13)19-17(20-15)21-9-5-2-6-10-21/h1,3-4,7-8,14H,2,5-6,9-12H2,(H2,18,19,20,22,23)/p+1/t14-/m0/s1. The van der Waals surface area contributed by atoms with Crippen molar-refractivity contribution in [3.8, 4) is 0 Å². The molecule has 23 heavy (non-hydrogen) atoms. The first-order valence-electron chi connectivity index (χ1n) is 8.22. The molecule has 6 heteroatoms. The molecule has 0 unspecified atom stereocenters. The molecule has 2 aliphatic rings.